The lowest BCUT2D eigenvalue weighted by Crippen LogP contribution is -2.26. The average molecular weight is 186 g/mol. The molecule has 0 atom stereocenters. The summed E-state index contributed by atoms with van der Waals surface area (Å²) in [6.07, 6.45) is 1.07. The molecular weight excluding hydrogens is 184 g/mol. The quantitative estimate of drug-likeness (QED) is 0.266. The van der Waals surface area contributed by atoms with Crippen LogP contribution in [-0.2, 0) is 0 Å². The summed E-state index contributed by atoms with van der Waals surface area (Å²) in [7, 11) is 0. The first-order chi connectivity index (χ1) is 6.00. The van der Waals surface area contributed by atoms with Crippen molar-refractivity contribution in [2.45, 2.75) is 0 Å². The van der Waals surface area contributed by atoms with Gasteiger partial charge in [-0.15, -0.1) is 0 Å². The Kier molecular flexibility index (Phi) is 2.00. The molecule has 0 radical (unpaired) electrons. The molecule has 0 unspecified atom stereocenters. The molecule has 0 saturated heterocycles. The van der Waals surface area contributed by atoms with Crippen LogP contribution >= 0.6 is 0 Å². The number of rotatable bonds is 2. The van der Waals surface area contributed by atoms with Crippen LogP contribution in [0.5, 0.6) is 0 Å². The van der Waals surface area contributed by atoms with E-state index in [9.17, 15) is 25.4 Å². The van der Waals surface area contributed by atoms with Gasteiger partial charge in [0.05, 0.1) is 0 Å². The number of nitro groups is 2. The minimum Gasteiger partial charge on any atom is -0.618 e. The van der Waals surface area contributed by atoms with Crippen LogP contribution in [0.1, 0.15) is 0 Å². The lowest BCUT2D eigenvalue weighted by molar-refractivity contribution is -0.615. The molecule has 0 aromatic carbocycles. The topological polar surface area (TPSA) is 126 Å². The molecule has 9 nitrogen and oxygen atoms in total. The molecule has 0 amide bonds. The average Bonchev–Trinajstić information content (AvgIpc) is 2.03. The van der Waals surface area contributed by atoms with Crippen LogP contribution in [0.25, 0.3) is 0 Å². The normalized spacial score (nSPS) is 9.54. The predicted octanol–water partition coefficient (Wildman–Crippen LogP) is -0.469. The minimum atomic E-state index is -0.985. The second-order valence-corrected chi connectivity index (χ2v) is 1.96. The van der Waals surface area contributed by atoms with Crippen molar-refractivity contribution in [3.05, 3.63) is 37.8 Å². The third kappa shape index (κ3) is 1.83. The number of hydrogen-bond acceptors (Lipinski definition) is 6. The molecule has 1 aromatic rings. The Labute approximate surface area is 70.1 Å². The maximum absolute atomic E-state index is 10.6. The Bertz CT molecular complexity index is 345. The first-order valence-corrected chi connectivity index (χ1v) is 2.90. The molecule has 1 aromatic heterocycles. The molecule has 9 heteroatoms. The van der Waals surface area contributed by atoms with Crippen LogP contribution in [-0.4, -0.2) is 14.8 Å². The van der Waals surface area contributed by atoms with Gasteiger partial charge >= 0.3 is 11.6 Å². The van der Waals surface area contributed by atoms with Crippen molar-refractivity contribution >= 4 is 11.6 Å². The van der Waals surface area contributed by atoms with Crippen molar-refractivity contribution < 1.29 is 14.6 Å². The Hall–Kier alpha value is -2.32. The van der Waals surface area contributed by atoms with E-state index < -0.39 is 21.5 Å². The van der Waals surface area contributed by atoms with Gasteiger partial charge in [0, 0.05) is 4.98 Å². The maximum Gasteiger partial charge on any atom is 0.434 e. The highest BCUT2D eigenvalue weighted by Gasteiger charge is 2.20. The van der Waals surface area contributed by atoms with Crippen molar-refractivity contribution in [1.29, 1.82) is 0 Å². The van der Waals surface area contributed by atoms with E-state index in [-0.39, 0.29) is 4.73 Å². The highest BCUT2D eigenvalue weighted by Crippen LogP contribution is 2.08. The largest absolute Gasteiger partial charge is 0.618 e. The van der Waals surface area contributed by atoms with Gasteiger partial charge in [-0.05, 0) is 9.85 Å². The first-order valence-electron chi connectivity index (χ1n) is 2.90. The van der Waals surface area contributed by atoms with Crippen LogP contribution in [0.4, 0.5) is 11.6 Å². The number of hydrogen-bond donors (Lipinski definition) is 0. The van der Waals surface area contributed by atoms with E-state index in [0.717, 1.165) is 0 Å². The Morgan fingerprint density at radius 2 is 1.54 bits per heavy atom. The monoisotopic (exact) mass is 186 g/mol. The van der Waals surface area contributed by atoms with Crippen LogP contribution in [0.15, 0.2) is 12.4 Å². The molecule has 0 N–H and O–H groups in total. The van der Waals surface area contributed by atoms with E-state index >= 15 is 0 Å². The van der Waals surface area contributed by atoms with E-state index in [2.05, 4.69) is 4.98 Å². The van der Waals surface area contributed by atoms with Crippen molar-refractivity contribution in [2.24, 2.45) is 0 Å². The molecule has 0 aliphatic heterocycles. The van der Waals surface area contributed by atoms with Gasteiger partial charge in [-0.2, -0.15) is 4.73 Å². The molecular formula is C4H2N4O5. The highest BCUT2D eigenvalue weighted by molar-refractivity contribution is 5.19. The third-order valence-electron chi connectivity index (χ3n) is 1.09. The van der Waals surface area contributed by atoms with Gasteiger partial charge in [0.2, 0.25) is 0 Å². The van der Waals surface area contributed by atoms with Crippen LogP contribution in [0.3, 0.4) is 0 Å². The fourth-order valence-electron chi connectivity index (χ4n) is 0.616. The standard InChI is InChI=1S/C4H2N4O5/c9-6-1-3(7(10)11)5-4(2-6)8(12)13/h1-2H. The second kappa shape index (κ2) is 2.97. The summed E-state index contributed by atoms with van der Waals surface area (Å²) in [4.78, 5) is 21.2. The molecule has 0 aliphatic carbocycles. The summed E-state index contributed by atoms with van der Waals surface area (Å²) in [6, 6.07) is 0. The van der Waals surface area contributed by atoms with Gasteiger partial charge in [-0.1, -0.05) is 0 Å². The van der Waals surface area contributed by atoms with Crippen molar-refractivity contribution in [2.75, 3.05) is 0 Å². The molecule has 0 spiro atoms. The summed E-state index contributed by atoms with van der Waals surface area (Å²) in [5.74, 6) is -1.71. The molecule has 1 heterocycles. The van der Waals surface area contributed by atoms with Gasteiger partial charge in [0.15, 0.2) is 0 Å². The molecule has 0 saturated carbocycles. The summed E-state index contributed by atoms with van der Waals surface area (Å²) in [5, 5.41) is 30.8. The summed E-state index contributed by atoms with van der Waals surface area (Å²) in [6.45, 7) is 0. The molecule has 1 rings (SSSR count). The molecule has 68 valence electrons. The van der Waals surface area contributed by atoms with Gasteiger partial charge in [-0.25, -0.2) is 0 Å². The third-order valence-corrected chi connectivity index (χ3v) is 1.09. The predicted molar refractivity (Wildman–Crippen MR) is 36.5 cm³/mol. The van der Waals surface area contributed by atoms with Crippen molar-refractivity contribution in [3.63, 3.8) is 0 Å². The van der Waals surface area contributed by atoms with E-state index in [1.54, 1.807) is 0 Å². The molecule has 13 heavy (non-hydrogen) atoms. The zero-order chi connectivity index (χ0) is 10.0. The lowest BCUT2D eigenvalue weighted by Gasteiger charge is -1.95. The molecule has 0 aliphatic rings. The second-order valence-electron chi connectivity index (χ2n) is 1.96. The molecule has 0 fully saturated rings. The Morgan fingerprint density at radius 1 is 1.15 bits per heavy atom. The van der Waals surface area contributed by atoms with Crippen LogP contribution < -0.4 is 4.73 Å². The van der Waals surface area contributed by atoms with Crippen molar-refractivity contribution in [1.82, 2.24) is 4.98 Å². The van der Waals surface area contributed by atoms with E-state index in [1.165, 1.54) is 0 Å². The summed E-state index contributed by atoms with van der Waals surface area (Å²) < 4.78 is -0.0384. The fraction of sp³-hybridized carbons (Fsp3) is 0. The summed E-state index contributed by atoms with van der Waals surface area (Å²) >= 11 is 0. The van der Waals surface area contributed by atoms with E-state index in [1.807, 2.05) is 0 Å². The lowest BCUT2D eigenvalue weighted by atomic mass is 10.6. The number of nitrogens with zero attached hydrogens (tertiary/aromatic N) is 4. The summed E-state index contributed by atoms with van der Waals surface area (Å²) in [5.41, 5.74) is 0. The fourth-order valence-corrected chi connectivity index (χ4v) is 0.616. The van der Waals surface area contributed by atoms with Crippen LogP contribution in [0.2, 0.25) is 0 Å². The highest BCUT2D eigenvalue weighted by atomic mass is 16.6. The Balaban J connectivity index is 3.26. The maximum atomic E-state index is 10.6. The van der Waals surface area contributed by atoms with Gasteiger partial charge < -0.3 is 25.4 Å². The van der Waals surface area contributed by atoms with E-state index in [0.29, 0.717) is 12.4 Å². The smallest absolute Gasteiger partial charge is 0.434 e. The van der Waals surface area contributed by atoms with Crippen molar-refractivity contribution in [3.8, 4) is 0 Å². The van der Waals surface area contributed by atoms with Crippen LogP contribution in [0, 0.1) is 25.4 Å². The Morgan fingerprint density at radius 3 is 1.85 bits per heavy atom. The van der Waals surface area contributed by atoms with Gasteiger partial charge in [0.25, 0.3) is 12.4 Å². The van der Waals surface area contributed by atoms with E-state index in [4.69, 9.17) is 0 Å². The zero-order valence-corrected chi connectivity index (χ0v) is 5.98. The minimum absolute atomic E-state index is 0.0384. The van der Waals surface area contributed by atoms with Gasteiger partial charge in [0.1, 0.15) is 0 Å². The SMILES string of the molecule is O=[N+]([O-])c1c[n+]([O-])cc([N+](=O)[O-])n1. The zero-order valence-electron chi connectivity index (χ0n) is 5.98. The number of aromatic nitrogens is 2. The molecule has 0 bridgehead atoms. The first kappa shape index (κ1) is 8.77. The van der Waals surface area contributed by atoms with Gasteiger partial charge in [-0.3, -0.25) is 0 Å².